The molecule has 0 aliphatic carbocycles. The minimum atomic E-state index is -0.522. The molecule has 1 amide bonds. The summed E-state index contributed by atoms with van der Waals surface area (Å²) in [5, 5.41) is 3.13. The summed E-state index contributed by atoms with van der Waals surface area (Å²) < 4.78 is 5.33. The van der Waals surface area contributed by atoms with E-state index in [1.807, 2.05) is 0 Å². The van der Waals surface area contributed by atoms with Gasteiger partial charge in [0.25, 0.3) is 5.91 Å². The number of amides is 1. The summed E-state index contributed by atoms with van der Waals surface area (Å²) in [5.74, 6) is 0.292. The number of nitrogen functional groups attached to an aromatic ring is 1. The number of anilines is 2. The van der Waals surface area contributed by atoms with Crippen LogP contribution in [0.1, 0.15) is 6.92 Å². The van der Waals surface area contributed by atoms with E-state index < -0.39 is 6.10 Å². The van der Waals surface area contributed by atoms with Crippen molar-refractivity contribution in [1.82, 2.24) is 0 Å². The number of carbonyl (C=O) groups excluding carboxylic acids is 1. The fraction of sp³-hybridized carbons (Fsp3) is 0.222. The molecule has 0 saturated carbocycles. The second-order valence-electron chi connectivity index (χ2n) is 3.12. The Morgan fingerprint density at radius 1 is 1.57 bits per heavy atom. The number of halogens is 1. The molecule has 1 heterocycles. The van der Waals surface area contributed by atoms with E-state index >= 15 is 0 Å². The van der Waals surface area contributed by atoms with Gasteiger partial charge in [0, 0.05) is 5.02 Å². The van der Waals surface area contributed by atoms with Gasteiger partial charge in [-0.05, 0) is 19.1 Å². The maximum Gasteiger partial charge on any atom is 0.265 e. The van der Waals surface area contributed by atoms with Gasteiger partial charge < -0.3 is 15.8 Å². The average molecular weight is 213 g/mol. The largest absolute Gasteiger partial charge is 0.477 e. The number of fused-ring (bicyclic) bond motifs is 1. The van der Waals surface area contributed by atoms with E-state index in [2.05, 4.69) is 5.32 Å². The molecule has 0 saturated heterocycles. The van der Waals surface area contributed by atoms with Crippen molar-refractivity contribution in [2.75, 3.05) is 11.1 Å². The highest BCUT2D eigenvalue weighted by Crippen LogP contribution is 2.37. The van der Waals surface area contributed by atoms with E-state index in [1.54, 1.807) is 19.1 Å². The van der Waals surface area contributed by atoms with Gasteiger partial charge in [-0.3, -0.25) is 4.79 Å². The lowest BCUT2D eigenvalue weighted by Gasteiger charge is -2.24. The number of ether oxygens (including phenoxy) is 1. The molecule has 14 heavy (non-hydrogen) atoms. The van der Waals surface area contributed by atoms with E-state index in [1.165, 1.54) is 0 Å². The summed E-state index contributed by atoms with van der Waals surface area (Å²) in [6, 6.07) is 3.20. The number of nitrogens with one attached hydrogen (secondary N) is 1. The maximum absolute atomic E-state index is 11.3. The summed E-state index contributed by atoms with van der Waals surface area (Å²) in [6.45, 7) is 1.66. The normalized spacial score (nSPS) is 19.6. The first-order valence-electron chi connectivity index (χ1n) is 4.14. The smallest absolute Gasteiger partial charge is 0.265 e. The van der Waals surface area contributed by atoms with Gasteiger partial charge in [-0.1, -0.05) is 11.6 Å². The Morgan fingerprint density at radius 3 is 3.00 bits per heavy atom. The van der Waals surface area contributed by atoms with Crippen LogP contribution >= 0.6 is 11.6 Å². The molecule has 1 aliphatic heterocycles. The molecule has 1 aromatic rings. The molecular weight excluding hydrogens is 204 g/mol. The zero-order valence-electron chi connectivity index (χ0n) is 7.50. The molecule has 1 aromatic carbocycles. The van der Waals surface area contributed by atoms with Crippen molar-refractivity contribution in [3.63, 3.8) is 0 Å². The molecule has 0 fully saturated rings. The second kappa shape index (κ2) is 3.06. The topological polar surface area (TPSA) is 64.3 Å². The van der Waals surface area contributed by atoms with Crippen molar-refractivity contribution in [2.24, 2.45) is 0 Å². The predicted molar refractivity (Wildman–Crippen MR) is 54.6 cm³/mol. The van der Waals surface area contributed by atoms with Crippen LogP contribution in [0.3, 0.4) is 0 Å². The van der Waals surface area contributed by atoms with E-state index in [4.69, 9.17) is 22.1 Å². The van der Waals surface area contributed by atoms with Gasteiger partial charge in [-0.25, -0.2) is 0 Å². The number of nitrogens with two attached hydrogens (primary N) is 1. The number of benzene rings is 1. The van der Waals surface area contributed by atoms with Gasteiger partial charge in [-0.2, -0.15) is 0 Å². The van der Waals surface area contributed by atoms with Crippen molar-refractivity contribution >= 4 is 28.9 Å². The molecule has 74 valence electrons. The molecule has 5 heteroatoms. The standard InChI is InChI=1S/C9H9ClN2O2/c1-4-9(13)12-7-3-5(10)2-6(11)8(7)14-4/h2-4H,11H2,1H3,(H,12,13)/t4-/m0/s1. The van der Waals surface area contributed by atoms with E-state index in [0.29, 0.717) is 22.1 Å². The lowest BCUT2D eigenvalue weighted by Crippen LogP contribution is -2.34. The molecule has 2 rings (SSSR count). The molecule has 0 spiro atoms. The van der Waals surface area contributed by atoms with Crippen LogP contribution in [0.5, 0.6) is 5.75 Å². The number of hydrogen-bond acceptors (Lipinski definition) is 3. The highest BCUT2D eigenvalue weighted by molar-refractivity contribution is 6.31. The lowest BCUT2D eigenvalue weighted by atomic mass is 10.2. The average Bonchev–Trinajstić information content (AvgIpc) is 2.08. The first-order chi connectivity index (χ1) is 6.58. The SMILES string of the molecule is C[C@@H]1Oc2c(N)cc(Cl)cc2NC1=O. The third-order valence-electron chi connectivity index (χ3n) is 2.00. The molecule has 0 bridgehead atoms. The lowest BCUT2D eigenvalue weighted by molar-refractivity contribution is -0.122. The summed E-state index contributed by atoms with van der Waals surface area (Å²) >= 11 is 5.78. The van der Waals surface area contributed by atoms with Crippen LogP contribution < -0.4 is 15.8 Å². The fourth-order valence-electron chi connectivity index (χ4n) is 1.30. The van der Waals surface area contributed by atoms with Gasteiger partial charge in [0.05, 0.1) is 11.4 Å². The molecular formula is C9H9ClN2O2. The van der Waals surface area contributed by atoms with Crippen molar-refractivity contribution in [3.05, 3.63) is 17.2 Å². The summed E-state index contributed by atoms with van der Waals surface area (Å²) in [7, 11) is 0. The van der Waals surface area contributed by atoms with Crippen LogP contribution in [-0.2, 0) is 4.79 Å². The Kier molecular flexibility index (Phi) is 2.00. The zero-order valence-corrected chi connectivity index (χ0v) is 8.26. The van der Waals surface area contributed by atoms with E-state index in [0.717, 1.165) is 0 Å². The first-order valence-corrected chi connectivity index (χ1v) is 4.52. The fourth-order valence-corrected chi connectivity index (χ4v) is 1.53. The molecule has 1 aliphatic rings. The molecule has 3 N–H and O–H groups in total. The van der Waals surface area contributed by atoms with Crippen molar-refractivity contribution in [3.8, 4) is 5.75 Å². The van der Waals surface area contributed by atoms with Crippen LogP contribution in [0.15, 0.2) is 12.1 Å². The minimum absolute atomic E-state index is 0.195. The molecule has 0 aromatic heterocycles. The minimum Gasteiger partial charge on any atom is -0.477 e. The van der Waals surface area contributed by atoms with Crippen LogP contribution in [0.4, 0.5) is 11.4 Å². The quantitative estimate of drug-likeness (QED) is 0.643. The Bertz CT molecular complexity index is 406. The summed E-state index contributed by atoms with van der Waals surface area (Å²) in [4.78, 5) is 11.3. The second-order valence-corrected chi connectivity index (χ2v) is 3.56. The molecule has 4 nitrogen and oxygen atoms in total. The van der Waals surface area contributed by atoms with Gasteiger partial charge in [0.15, 0.2) is 11.9 Å². The summed E-state index contributed by atoms with van der Waals surface area (Å²) in [6.07, 6.45) is -0.522. The molecule has 0 radical (unpaired) electrons. The summed E-state index contributed by atoms with van der Waals surface area (Å²) in [5.41, 5.74) is 6.65. The Balaban J connectivity index is 2.51. The van der Waals surface area contributed by atoms with Crippen molar-refractivity contribution in [2.45, 2.75) is 13.0 Å². The van der Waals surface area contributed by atoms with E-state index in [9.17, 15) is 4.79 Å². The van der Waals surface area contributed by atoms with Crippen molar-refractivity contribution in [1.29, 1.82) is 0 Å². The monoisotopic (exact) mass is 212 g/mol. The van der Waals surface area contributed by atoms with Crippen LogP contribution in [0.2, 0.25) is 5.02 Å². The number of hydrogen-bond donors (Lipinski definition) is 2. The van der Waals surface area contributed by atoms with Gasteiger partial charge in [-0.15, -0.1) is 0 Å². The van der Waals surface area contributed by atoms with Crippen LogP contribution in [0.25, 0.3) is 0 Å². The van der Waals surface area contributed by atoms with Crippen LogP contribution in [0, 0.1) is 0 Å². The molecule has 0 unspecified atom stereocenters. The number of carbonyl (C=O) groups is 1. The highest BCUT2D eigenvalue weighted by Gasteiger charge is 2.25. The van der Waals surface area contributed by atoms with Gasteiger partial charge >= 0.3 is 0 Å². The van der Waals surface area contributed by atoms with Gasteiger partial charge in [0.2, 0.25) is 0 Å². The Hall–Kier alpha value is -1.42. The maximum atomic E-state index is 11.3. The Morgan fingerprint density at radius 2 is 2.29 bits per heavy atom. The predicted octanol–water partition coefficient (Wildman–Crippen LogP) is 1.64. The Labute approximate surface area is 86.0 Å². The van der Waals surface area contributed by atoms with Gasteiger partial charge in [0.1, 0.15) is 0 Å². The van der Waals surface area contributed by atoms with Crippen LogP contribution in [-0.4, -0.2) is 12.0 Å². The highest BCUT2D eigenvalue weighted by atomic mass is 35.5. The third-order valence-corrected chi connectivity index (χ3v) is 2.22. The first kappa shape index (κ1) is 9.15. The zero-order chi connectivity index (χ0) is 10.3. The third kappa shape index (κ3) is 1.37. The molecule has 1 atom stereocenters. The number of rotatable bonds is 0. The van der Waals surface area contributed by atoms with Crippen molar-refractivity contribution < 1.29 is 9.53 Å². The van der Waals surface area contributed by atoms with E-state index in [-0.39, 0.29) is 5.91 Å².